The summed E-state index contributed by atoms with van der Waals surface area (Å²) in [5.74, 6) is 1.98. The highest BCUT2D eigenvalue weighted by atomic mass is 15.4. The molecule has 1 aliphatic rings. The zero-order chi connectivity index (χ0) is 15.0. The Balaban J connectivity index is 2.26. The number of fused-ring (bicyclic) bond motifs is 3. The first-order chi connectivity index (χ1) is 10.2. The third-order valence-corrected chi connectivity index (χ3v) is 4.18. The maximum absolute atomic E-state index is 9.24. The zero-order valence-corrected chi connectivity index (χ0v) is 12.7. The van der Waals surface area contributed by atoms with E-state index in [1.54, 1.807) is 6.20 Å². The summed E-state index contributed by atoms with van der Waals surface area (Å²) in [6.45, 7) is 8.26. The summed E-state index contributed by atoms with van der Waals surface area (Å²) in [5, 5.41) is 17.0. The van der Waals surface area contributed by atoms with Crippen LogP contribution in [-0.2, 0) is 6.42 Å². The van der Waals surface area contributed by atoms with E-state index in [1.165, 1.54) is 5.56 Å². The minimum atomic E-state index is 0.445. The van der Waals surface area contributed by atoms with Crippen molar-refractivity contribution in [3.8, 4) is 6.07 Å². The summed E-state index contributed by atoms with van der Waals surface area (Å²) < 4.78 is 1.83. The summed E-state index contributed by atoms with van der Waals surface area (Å²) in [6.07, 6.45) is 3.64. The molecule has 1 N–H and O–H groups in total. The lowest BCUT2D eigenvalue weighted by Crippen LogP contribution is -2.32. The Morgan fingerprint density at radius 2 is 2.29 bits per heavy atom. The highest BCUT2D eigenvalue weighted by Gasteiger charge is 2.30. The highest BCUT2D eigenvalue weighted by Crippen LogP contribution is 2.35. The smallest absolute Gasteiger partial charge is 0.177 e. The number of hydrogen-bond donors (Lipinski definition) is 1. The zero-order valence-electron chi connectivity index (χ0n) is 12.7. The third-order valence-electron chi connectivity index (χ3n) is 4.18. The SMILES string of the molecule is CCNc1nc2c(C#N)cnn2c2c1CCN2C(C)CC. The molecule has 1 aliphatic heterocycles. The van der Waals surface area contributed by atoms with Crippen molar-refractivity contribution in [2.75, 3.05) is 23.3 Å². The lowest BCUT2D eigenvalue weighted by molar-refractivity contribution is 0.623. The summed E-state index contributed by atoms with van der Waals surface area (Å²) in [7, 11) is 0. The van der Waals surface area contributed by atoms with Gasteiger partial charge in [-0.15, -0.1) is 0 Å². The fraction of sp³-hybridized carbons (Fsp3) is 0.533. The Hall–Kier alpha value is -2.29. The second kappa shape index (κ2) is 5.24. The molecule has 1 unspecified atom stereocenters. The van der Waals surface area contributed by atoms with Gasteiger partial charge in [-0.05, 0) is 26.7 Å². The second-order valence-corrected chi connectivity index (χ2v) is 5.40. The molecule has 1 atom stereocenters. The Bertz CT molecular complexity index is 711. The van der Waals surface area contributed by atoms with Crippen molar-refractivity contribution < 1.29 is 0 Å². The quantitative estimate of drug-likeness (QED) is 0.932. The van der Waals surface area contributed by atoms with Gasteiger partial charge in [0.05, 0.1) is 6.20 Å². The molecule has 110 valence electrons. The first-order valence-electron chi connectivity index (χ1n) is 7.52. The Labute approximate surface area is 124 Å². The predicted octanol–water partition coefficient (Wildman–Crippen LogP) is 2.19. The predicted molar refractivity (Wildman–Crippen MR) is 82.7 cm³/mol. The van der Waals surface area contributed by atoms with Gasteiger partial charge < -0.3 is 10.2 Å². The van der Waals surface area contributed by atoms with Gasteiger partial charge in [0.2, 0.25) is 0 Å². The molecule has 0 spiro atoms. The van der Waals surface area contributed by atoms with Crippen LogP contribution in [0.2, 0.25) is 0 Å². The lowest BCUT2D eigenvalue weighted by atomic mass is 10.2. The molecule has 0 radical (unpaired) electrons. The van der Waals surface area contributed by atoms with Crippen LogP contribution in [0.3, 0.4) is 0 Å². The molecule has 0 saturated heterocycles. The van der Waals surface area contributed by atoms with E-state index >= 15 is 0 Å². The molecule has 21 heavy (non-hydrogen) atoms. The van der Waals surface area contributed by atoms with Gasteiger partial charge in [-0.1, -0.05) is 6.92 Å². The number of nitrogens with zero attached hydrogens (tertiary/aromatic N) is 5. The number of anilines is 2. The molecule has 3 heterocycles. The molecule has 2 aromatic heterocycles. The summed E-state index contributed by atoms with van der Waals surface area (Å²) in [4.78, 5) is 7.00. The van der Waals surface area contributed by atoms with Crippen molar-refractivity contribution >= 4 is 17.3 Å². The highest BCUT2D eigenvalue weighted by molar-refractivity contribution is 5.71. The van der Waals surface area contributed by atoms with Crippen LogP contribution in [0.15, 0.2) is 6.20 Å². The van der Waals surface area contributed by atoms with Gasteiger partial charge in [-0.2, -0.15) is 14.9 Å². The lowest BCUT2D eigenvalue weighted by Gasteiger charge is -2.26. The molecule has 0 amide bonds. The number of nitrogens with one attached hydrogen (secondary N) is 1. The molecule has 0 saturated carbocycles. The standard InChI is InChI=1S/C15H20N6/c1-4-10(3)20-7-6-12-13(17-5-2)19-14-11(8-16)9-18-21(14)15(12)20/h9-10H,4-7H2,1-3H3,(H,17,19). The third kappa shape index (κ3) is 2.00. The van der Waals surface area contributed by atoms with E-state index in [0.717, 1.165) is 37.6 Å². The van der Waals surface area contributed by atoms with Gasteiger partial charge in [0, 0.05) is 24.7 Å². The summed E-state index contributed by atoms with van der Waals surface area (Å²) in [6, 6.07) is 2.62. The van der Waals surface area contributed by atoms with Crippen LogP contribution >= 0.6 is 0 Å². The average Bonchev–Trinajstić information content (AvgIpc) is 3.10. The second-order valence-electron chi connectivity index (χ2n) is 5.40. The van der Waals surface area contributed by atoms with Crippen LogP contribution in [0, 0.1) is 11.3 Å². The first-order valence-corrected chi connectivity index (χ1v) is 7.52. The van der Waals surface area contributed by atoms with E-state index in [2.05, 4.69) is 47.1 Å². The van der Waals surface area contributed by atoms with E-state index in [1.807, 2.05) is 4.52 Å². The van der Waals surface area contributed by atoms with E-state index in [-0.39, 0.29) is 0 Å². The van der Waals surface area contributed by atoms with E-state index in [0.29, 0.717) is 17.3 Å². The van der Waals surface area contributed by atoms with Crippen LogP contribution in [0.1, 0.15) is 38.3 Å². The van der Waals surface area contributed by atoms with Crippen molar-refractivity contribution in [3.63, 3.8) is 0 Å². The molecule has 6 heteroatoms. The number of rotatable bonds is 4. The number of nitriles is 1. The largest absolute Gasteiger partial charge is 0.370 e. The normalized spacial score (nSPS) is 15.0. The van der Waals surface area contributed by atoms with Crippen LogP contribution in [0.5, 0.6) is 0 Å². The van der Waals surface area contributed by atoms with Gasteiger partial charge in [0.25, 0.3) is 0 Å². The molecule has 3 rings (SSSR count). The monoisotopic (exact) mass is 284 g/mol. The fourth-order valence-electron chi connectivity index (χ4n) is 2.92. The van der Waals surface area contributed by atoms with Crippen LogP contribution in [0.4, 0.5) is 11.6 Å². The molecule has 0 fully saturated rings. The molecular weight excluding hydrogens is 264 g/mol. The molecular formula is C15H20N6. The van der Waals surface area contributed by atoms with Crippen molar-refractivity contribution in [1.82, 2.24) is 14.6 Å². The minimum Gasteiger partial charge on any atom is -0.370 e. The van der Waals surface area contributed by atoms with Gasteiger partial charge in [0.1, 0.15) is 23.3 Å². The van der Waals surface area contributed by atoms with Gasteiger partial charge in [0.15, 0.2) is 5.65 Å². The summed E-state index contributed by atoms with van der Waals surface area (Å²) in [5.41, 5.74) is 2.37. The maximum atomic E-state index is 9.24. The Morgan fingerprint density at radius 3 is 2.95 bits per heavy atom. The summed E-state index contributed by atoms with van der Waals surface area (Å²) >= 11 is 0. The van der Waals surface area contributed by atoms with E-state index in [9.17, 15) is 5.26 Å². The fourth-order valence-corrected chi connectivity index (χ4v) is 2.92. The Kier molecular flexibility index (Phi) is 3.42. The molecule has 2 aromatic rings. The molecule has 0 aliphatic carbocycles. The van der Waals surface area contributed by atoms with Crippen molar-refractivity contribution in [1.29, 1.82) is 5.26 Å². The maximum Gasteiger partial charge on any atom is 0.177 e. The molecule has 0 aromatic carbocycles. The van der Waals surface area contributed by atoms with Gasteiger partial charge in [-0.3, -0.25) is 0 Å². The van der Waals surface area contributed by atoms with Crippen LogP contribution in [-0.4, -0.2) is 33.7 Å². The van der Waals surface area contributed by atoms with Gasteiger partial charge >= 0.3 is 0 Å². The van der Waals surface area contributed by atoms with Crippen LogP contribution < -0.4 is 10.2 Å². The van der Waals surface area contributed by atoms with Crippen molar-refractivity contribution in [2.45, 2.75) is 39.7 Å². The topological polar surface area (TPSA) is 69.2 Å². The molecule has 0 bridgehead atoms. The number of hydrogen-bond acceptors (Lipinski definition) is 5. The molecule has 6 nitrogen and oxygen atoms in total. The van der Waals surface area contributed by atoms with Crippen LogP contribution in [0.25, 0.3) is 5.65 Å². The average molecular weight is 284 g/mol. The van der Waals surface area contributed by atoms with E-state index < -0.39 is 0 Å². The van der Waals surface area contributed by atoms with Gasteiger partial charge in [-0.25, -0.2) is 4.98 Å². The first kappa shape index (κ1) is 13.7. The van der Waals surface area contributed by atoms with Crippen molar-refractivity contribution in [2.24, 2.45) is 0 Å². The number of aromatic nitrogens is 3. The van der Waals surface area contributed by atoms with E-state index in [4.69, 9.17) is 0 Å². The Morgan fingerprint density at radius 1 is 1.48 bits per heavy atom. The minimum absolute atomic E-state index is 0.445. The van der Waals surface area contributed by atoms with Crippen molar-refractivity contribution in [3.05, 3.63) is 17.3 Å².